The molecule has 5 aromatic carbocycles. The van der Waals surface area contributed by atoms with Gasteiger partial charge in [-0.15, -0.1) is 23.2 Å². The molecule has 0 saturated carbocycles. The van der Waals surface area contributed by atoms with Gasteiger partial charge < -0.3 is 9.47 Å². The molecule has 0 fully saturated rings. The van der Waals surface area contributed by atoms with Gasteiger partial charge in [0.2, 0.25) is 0 Å². The van der Waals surface area contributed by atoms with Crippen molar-refractivity contribution < 1.29 is 9.47 Å². The second-order valence-corrected chi connectivity index (χ2v) is 9.64. The van der Waals surface area contributed by atoms with Gasteiger partial charge in [0.15, 0.2) is 0 Å². The molecule has 0 aliphatic heterocycles. The summed E-state index contributed by atoms with van der Waals surface area (Å²) in [6.07, 6.45) is 0. The van der Waals surface area contributed by atoms with Crippen molar-refractivity contribution in [1.82, 2.24) is 0 Å². The van der Waals surface area contributed by atoms with Gasteiger partial charge >= 0.3 is 0 Å². The first-order chi connectivity index (χ1) is 18.7. The van der Waals surface area contributed by atoms with Gasteiger partial charge in [0.25, 0.3) is 0 Å². The summed E-state index contributed by atoms with van der Waals surface area (Å²) in [6.45, 7) is 1.05. The van der Waals surface area contributed by atoms with Gasteiger partial charge in [0.05, 0.1) is 0 Å². The van der Waals surface area contributed by atoms with Crippen molar-refractivity contribution in [3.8, 4) is 33.8 Å². The van der Waals surface area contributed by atoms with Crippen LogP contribution in [0.2, 0.25) is 0 Å². The van der Waals surface area contributed by atoms with Crippen LogP contribution in [0.1, 0.15) is 22.3 Å². The van der Waals surface area contributed by atoms with E-state index >= 15 is 0 Å². The Morgan fingerprint density at radius 1 is 0.395 bits per heavy atom. The molecule has 0 unspecified atom stereocenters. The van der Waals surface area contributed by atoms with Gasteiger partial charge in [-0.25, -0.2) is 0 Å². The predicted octanol–water partition coefficient (Wildman–Crippen LogP) is 9.66. The number of rotatable bonds is 10. The second-order valence-electron chi connectivity index (χ2n) is 9.11. The molecule has 0 N–H and O–H groups in total. The van der Waals surface area contributed by atoms with Crippen LogP contribution in [-0.2, 0) is 25.0 Å². The summed E-state index contributed by atoms with van der Waals surface area (Å²) >= 11 is 11.7. The van der Waals surface area contributed by atoms with E-state index in [-0.39, 0.29) is 0 Å². The average Bonchev–Trinajstić information content (AvgIpc) is 3.00. The third-order valence-electron chi connectivity index (χ3n) is 6.40. The fourth-order valence-electron chi connectivity index (χ4n) is 4.15. The number of hydrogen-bond donors (Lipinski definition) is 0. The molecule has 0 aromatic heterocycles. The molecular weight excluding hydrogens is 511 g/mol. The smallest absolute Gasteiger partial charge is 0.119 e. The maximum atomic E-state index is 5.92. The van der Waals surface area contributed by atoms with Crippen LogP contribution in [0.15, 0.2) is 121 Å². The minimum atomic E-state index is 0.509. The SMILES string of the molecule is ClCc1ccc(OCc2ccc(-c3cccc(-c4ccc(COc5ccc(CCl)cc5)cc4)c3)cc2)cc1. The van der Waals surface area contributed by atoms with Gasteiger partial charge in [-0.05, 0) is 74.8 Å². The van der Waals surface area contributed by atoms with E-state index in [1.165, 1.54) is 22.3 Å². The molecule has 0 bridgehead atoms. The van der Waals surface area contributed by atoms with Gasteiger partial charge in [0.1, 0.15) is 24.7 Å². The summed E-state index contributed by atoms with van der Waals surface area (Å²) < 4.78 is 11.8. The highest BCUT2D eigenvalue weighted by Gasteiger charge is 2.04. The fourth-order valence-corrected chi connectivity index (χ4v) is 4.50. The Bertz CT molecular complexity index is 1330. The van der Waals surface area contributed by atoms with Crippen LogP contribution < -0.4 is 9.47 Å². The number of benzene rings is 5. The summed E-state index contributed by atoms with van der Waals surface area (Å²) in [5.74, 6) is 2.70. The standard InChI is InChI=1S/C34H28Cl2O2/c35-21-25-8-16-33(17-9-25)37-23-27-4-12-29(13-5-27)31-2-1-3-32(20-31)30-14-6-28(7-15-30)24-38-34-18-10-26(22-36)11-19-34/h1-20H,21-24H2. The molecule has 2 nitrogen and oxygen atoms in total. The van der Waals surface area contributed by atoms with Gasteiger partial charge in [-0.3, -0.25) is 0 Å². The molecule has 0 saturated heterocycles. The molecule has 5 aromatic rings. The van der Waals surface area contributed by atoms with Crippen LogP contribution in [0.25, 0.3) is 22.3 Å². The van der Waals surface area contributed by atoms with Gasteiger partial charge in [-0.1, -0.05) is 91.0 Å². The summed E-state index contributed by atoms with van der Waals surface area (Å²) in [5, 5.41) is 0. The lowest BCUT2D eigenvalue weighted by Crippen LogP contribution is -1.95. The summed E-state index contributed by atoms with van der Waals surface area (Å²) in [6, 6.07) is 41.5. The zero-order chi connectivity index (χ0) is 26.2. The van der Waals surface area contributed by atoms with E-state index in [0.29, 0.717) is 25.0 Å². The Hall–Kier alpha value is -3.72. The Morgan fingerprint density at radius 3 is 1.13 bits per heavy atom. The number of ether oxygens (including phenoxy) is 2. The molecular formula is C34H28Cl2O2. The molecule has 0 aliphatic rings. The monoisotopic (exact) mass is 538 g/mol. The van der Waals surface area contributed by atoms with E-state index in [9.17, 15) is 0 Å². The Balaban J connectivity index is 1.20. The van der Waals surface area contributed by atoms with Crippen LogP contribution in [0.5, 0.6) is 11.5 Å². The van der Waals surface area contributed by atoms with Crippen molar-refractivity contribution in [3.63, 3.8) is 0 Å². The third kappa shape index (κ3) is 6.77. The van der Waals surface area contributed by atoms with Crippen LogP contribution in [-0.4, -0.2) is 0 Å². The second kappa shape index (κ2) is 12.7. The Morgan fingerprint density at radius 2 is 0.763 bits per heavy atom. The largest absolute Gasteiger partial charge is 0.489 e. The lowest BCUT2D eigenvalue weighted by atomic mass is 9.98. The fraction of sp³-hybridized carbons (Fsp3) is 0.118. The molecule has 0 amide bonds. The van der Waals surface area contributed by atoms with Crippen molar-refractivity contribution in [3.05, 3.63) is 144 Å². The lowest BCUT2D eigenvalue weighted by Gasteiger charge is -2.10. The van der Waals surface area contributed by atoms with E-state index in [2.05, 4.69) is 72.8 Å². The zero-order valence-corrected chi connectivity index (χ0v) is 22.5. The normalized spacial score (nSPS) is 10.8. The van der Waals surface area contributed by atoms with Crippen LogP contribution in [0, 0.1) is 0 Å². The molecule has 0 atom stereocenters. The summed E-state index contributed by atoms with van der Waals surface area (Å²) in [4.78, 5) is 0. The predicted molar refractivity (Wildman–Crippen MR) is 158 cm³/mol. The molecule has 0 spiro atoms. The van der Waals surface area contributed by atoms with Gasteiger partial charge in [-0.2, -0.15) is 0 Å². The number of hydrogen-bond acceptors (Lipinski definition) is 2. The van der Waals surface area contributed by atoms with Crippen molar-refractivity contribution in [2.75, 3.05) is 0 Å². The number of halogens is 2. The van der Waals surface area contributed by atoms with E-state index in [1.807, 2.05) is 48.5 Å². The molecule has 0 heterocycles. The lowest BCUT2D eigenvalue weighted by molar-refractivity contribution is 0.306. The van der Waals surface area contributed by atoms with E-state index in [4.69, 9.17) is 32.7 Å². The Kier molecular flexibility index (Phi) is 8.65. The first-order valence-electron chi connectivity index (χ1n) is 12.5. The van der Waals surface area contributed by atoms with Crippen molar-refractivity contribution in [2.45, 2.75) is 25.0 Å². The Labute approximate surface area is 234 Å². The van der Waals surface area contributed by atoms with Crippen LogP contribution >= 0.6 is 23.2 Å². The molecule has 190 valence electrons. The first kappa shape index (κ1) is 25.9. The third-order valence-corrected chi connectivity index (χ3v) is 7.02. The topological polar surface area (TPSA) is 18.5 Å². The minimum absolute atomic E-state index is 0.509. The summed E-state index contributed by atoms with van der Waals surface area (Å²) in [5.41, 5.74) is 9.12. The molecule has 4 heteroatoms. The maximum absolute atomic E-state index is 5.92. The summed E-state index contributed by atoms with van der Waals surface area (Å²) in [7, 11) is 0. The highest BCUT2D eigenvalue weighted by molar-refractivity contribution is 6.17. The highest BCUT2D eigenvalue weighted by atomic mass is 35.5. The molecule has 5 rings (SSSR count). The highest BCUT2D eigenvalue weighted by Crippen LogP contribution is 2.27. The molecule has 0 aliphatic carbocycles. The van der Waals surface area contributed by atoms with Crippen LogP contribution in [0.4, 0.5) is 0 Å². The van der Waals surface area contributed by atoms with Crippen LogP contribution in [0.3, 0.4) is 0 Å². The van der Waals surface area contributed by atoms with Gasteiger partial charge in [0, 0.05) is 11.8 Å². The molecule has 0 radical (unpaired) electrons. The quantitative estimate of drug-likeness (QED) is 0.165. The maximum Gasteiger partial charge on any atom is 0.119 e. The zero-order valence-electron chi connectivity index (χ0n) is 20.9. The van der Waals surface area contributed by atoms with E-state index < -0.39 is 0 Å². The van der Waals surface area contributed by atoms with Crippen molar-refractivity contribution in [1.29, 1.82) is 0 Å². The molecule has 38 heavy (non-hydrogen) atoms. The van der Waals surface area contributed by atoms with E-state index in [0.717, 1.165) is 33.8 Å². The van der Waals surface area contributed by atoms with E-state index in [1.54, 1.807) is 0 Å². The van der Waals surface area contributed by atoms with Crippen molar-refractivity contribution >= 4 is 23.2 Å². The minimum Gasteiger partial charge on any atom is -0.489 e. The first-order valence-corrected chi connectivity index (χ1v) is 13.6. The van der Waals surface area contributed by atoms with Crippen molar-refractivity contribution in [2.24, 2.45) is 0 Å². The number of alkyl halides is 2. The average molecular weight is 540 g/mol.